The van der Waals surface area contributed by atoms with Crippen molar-refractivity contribution in [3.8, 4) is 5.75 Å². The molecule has 2 N–H and O–H groups in total. The molecular formula is C15H25NO2. The van der Waals surface area contributed by atoms with Crippen LogP contribution in [0.25, 0.3) is 0 Å². The fraction of sp³-hybridized carbons (Fsp3) is 0.600. The lowest BCUT2D eigenvalue weighted by Gasteiger charge is -2.22. The molecule has 0 aliphatic carbocycles. The first kappa shape index (κ1) is 15.0. The van der Waals surface area contributed by atoms with Gasteiger partial charge in [0, 0.05) is 18.2 Å². The predicted molar refractivity (Wildman–Crippen MR) is 74.9 cm³/mol. The zero-order valence-electron chi connectivity index (χ0n) is 12.0. The molecule has 1 aromatic carbocycles. The Labute approximate surface area is 110 Å². The highest BCUT2D eigenvalue weighted by Crippen LogP contribution is 2.25. The molecule has 0 saturated heterocycles. The van der Waals surface area contributed by atoms with E-state index in [0.29, 0.717) is 6.04 Å². The van der Waals surface area contributed by atoms with Gasteiger partial charge in [0.2, 0.25) is 0 Å². The monoisotopic (exact) mass is 251 g/mol. The maximum absolute atomic E-state index is 9.54. The largest absolute Gasteiger partial charge is 0.487 e. The third kappa shape index (κ3) is 4.31. The van der Waals surface area contributed by atoms with E-state index < -0.39 is 6.10 Å². The second-order valence-corrected chi connectivity index (χ2v) is 5.16. The standard InChI is InChI=1S/C15H25NO2/c1-10(2)16-9-14-8-6-7-11(3)15(14)18-13(5)12(4)17/h6-8,10,12-13,16-17H,9H2,1-5H3. The van der Waals surface area contributed by atoms with Crippen LogP contribution in [0.15, 0.2) is 18.2 Å². The first-order valence-corrected chi connectivity index (χ1v) is 6.58. The molecule has 0 heterocycles. The zero-order chi connectivity index (χ0) is 13.7. The number of rotatable bonds is 6. The van der Waals surface area contributed by atoms with Gasteiger partial charge in [-0.1, -0.05) is 32.0 Å². The minimum absolute atomic E-state index is 0.205. The summed E-state index contributed by atoms with van der Waals surface area (Å²) in [6, 6.07) is 6.56. The molecule has 1 aromatic rings. The minimum Gasteiger partial charge on any atom is -0.487 e. The van der Waals surface area contributed by atoms with Crippen LogP contribution in [0.4, 0.5) is 0 Å². The van der Waals surface area contributed by atoms with Crippen LogP contribution in [0.1, 0.15) is 38.8 Å². The number of hydrogen-bond donors (Lipinski definition) is 2. The van der Waals surface area contributed by atoms with E-state index in [1.54, 1.807) is 6.92 Å². The van der Waals surface area contributed by atoms with E-state index in [1.807, 2.05) is 26.0 Å². The lowest BCUT2D eigenvalue weighted by molar-refractivity contribution is 0.0593. The molecule has 18 heavy (non-hydrogen) atoms. The molecule has 0 saturated carbocycles. The number of hydrogen-bond acceptors (Lipinski definition) is 3. The number of nitrogens with one attached hydrogen (secondary N) is 1. The number of ether oxygens (including phenoxy) is 1. The number of aliphatic hydroxyl groups is 1. The third-order valence-corrected chi connectivity index (χ3v) is 2.98. The average molecular weight is 251 g/mol. The van der Waals surface area contributed by atoms with Gasteiger partial charge in [-0.15, -0.1) is 0 Å². The van der Waals surface area contributed by atoms with Crippen LogP contribution in [-0.4, -0.2) is 23.4 Å². The molecule has 0 aromatic heterocycles. The van der Waals surface area contributed by atoms with Crippen LogP contribution < -0.4 is 10.1 Å². The van der Waals surface area contributed by atoms with Crippen molar-refractivity contribution in [2.75, 3.05) is 0 Å². The maximum Gasteiger partial charge on any atom is 0.127 e. The van der Waals surface area contributed by atoms with Gasteiger partial charge in [0.15, 0.2) is 0 Å². The summed E-state index contributed by atoms with van der Waals surface area (Å²) in [6.07, 6.45) is -0.681. The van der Waals surface area contributed by atoms with Gasteiger partial charge in [0.1, 0.15) is 11.9 Å². The van der Waals surface area contributed by atoms with Crippen LogP contribution in [-0.2, 0) is 6.54 Å². The predicted octanol–water partition coefficient (Wildman–Crippen LogP) is 2.64. The van der Waals surface area contributed by atoms with Crippen molar-refractivity contribution in [1.82, 2.24) is 5.32 Å². The molecule has 0 spiro atoms. The van der Waals surface area contributed by atoms with Gasteiger partial charge in [-0.2, -0.15) is 0 Å². The summed E-state index contributed by atoms with van der Waals surface area (Å²) in [6.45, 7) is 10.7. The van der Waals surface area contributed by atoms with Crippen molar-refractivity contribution >= 4 is 0 Å². The van der Waals surface area contributed by atoms with Crippen LogP contribution in [0.2, 0.25) is 0 Å². The molecule has 102 valence electrons. The highest BCUT2D eigenvalue weighted by atomic mass is 16.5. The van der Waals surface area contributed by atoms with Gasteiger partial charge < -0.3 is 15.2 Å². The van der Waals surface area contributed by atoms with E-state index in [9.17, 15) is 5.11 Å². The van der Waals surface area contributed by atoms with Gasteiger partial charge in [-0.25, -0.2) is 0 Å². The van der Waals surface area contributed by atoms with Crippen molar-refractivity contribution in [1.29, 1.82) is 0 Å². The molecule has 0 aliphatic rings. The lowest BCUT2D eigenvalue weighted by atomic mass is 10.1. The molecule has 2 atom stereocenters. The van der Waals surface area contributed by atoms with Crippen LogP contribution in [0, 0.1) is 6.92 Å². The molecular weight excluding hydrogens is 226 g/mol. The number of aryl methyl sites for hydroxylation is 1. The Morgan fingerprint density at radius 1 is 1.22 bits per heavy atom. The fourth-order valence-corrected chi connectivity index (χ4v) is 1.62. The molecule has 2 unspecified atom stereocenters. The summed E-state index contributed by atoms with van der Waals surface area (Å²) in [7, 11) is 0. The Hall–Kier alpha value is -1.06. The van der Waals surface area contributed by atoms with Crippen molar-refractivity contribution in [2.24, 2.45) is 0 Å². The Kier molecular flexibility index (Phi) is 5.63. The Morgan fingerprint density at radius 2 is 1.89 bits per heavy atom. The quantitative estimate of drug-likeness (QED) is 0.816. The summed E-state index contributed by atoms with van der Waals surface area (Å²) >= 11 is 0. The highest BCUT2D eigenvalue weighted by Gasteiger charge is 2.14. The summed E-state index contributed by atoms with van der Waals surface area (Å²) in [5, 5.41) is 12.9. The highest BCUT2D eigenvalue weighted by molar-refractivity contribution is 5.41. The van der Waals surface area contributed by atoms with Crippen molar-refractivity contribution in [2.45, 2.75) is 59.4 Å². The van der Waals surface area contributed by atoms with Crippen molar-refractivity contribution in [3.05, 3.63) is 29.3 Å². The van der Waals surface area contributed by atoms with E-state index in [0.717, 1.165) is 23.4 Å². The van der Waals surface area contributed by atoms with Gasteiger partial charge in [-0.3, -0.25) is 0 Å². The topological polar surface area (TPSA) is 41.5 Å². The van der Waals surface area contributed by atoms with Crippen molar-refractivity contribution < 1.29 is 9.84 Å². The van der Waals surface area contributed by atoms with Gasteiger partial charge in [-0.05, 0) is 26.3 Å². The third-order valence-electron chi connectivity index (χ3n) is 2.98. The van der Waals surface area contributed by atoms with E-state index in [1.165, 1.54) is 0 Å². The molecule has 0 fully saturated rings. The second-order valence-electron chi connectivity index (χ2n) is 5.16. The number of aliphatic hydroxyl groups excluding tert-OH is 1. The Bertz CT molecular complexity index is 375. The summed E-state index contributed by atoms with van der Waals surface area (Å²) < 4.78 is 5.88. The Balaban J connectivity index is 2.86. The molecule has 3 heteroatoms. The molecule has 0 radical (unpaired) electrons. The second kappa shape index (κ2) is 6.76. The zero-order valence-corrected chi connectivity index (χ0v) is 12.0. The molecule has 1 rings (SSSR count). The number of benzene rings is 1. The molecule has 0 amide bonds. The first-order chi connectivity index (χ1) is 8.41. The van der Waals surface area contributed by atoms with Gasteiger partial charge in [0.05, 0.1) is 6.10 Å². The minimum atomic E-state index is -0.476. The summed E-state index contributed by atoms with van der Waals surface area (Å²) in [5.74, 6) is 0.888. The summed E-state index contributed by atoms with van der Waals surface area (Å²) in [4.78, 5) is 0. The number of para-hydroxylation sites is 1. The van der Waals surface area contributed by atoms with Crippen LogP contribution >= 0.6 is 0 Å². The van der Waals surface area contributed by atoms with E-state index in [4.69, 9.17) is 4.74 Å². The van der Waals surface area contributed by atoms with Crippen LogP contribution in [0.3, 0.4) is 0 Å². The Morgan fingerprint density at radius 3 is 2.44 bits per heavy atom. The normalized spacial score (nSPS) is 14.6. The lowest BCUT2D eigenvalue weighted by Crippen LogP contribution is -2.27. The summed E-state index contributed by atoms with van der Waals surface area (Å²) in [5.41, 5.74) is 2.24. The SMILES string of the molecule is Cc1cccc(CNC(C)C)c1OC(C)C(C)O. The van der Waals surface area contributed by atoms with Crippen molar-refractivity contribution in [3.63, 3.8) is 0 Å². The van der Waals surface area contributed by atoms with Crippen LogP contribution in [0.5, 0.6) is 5.75 Å². The van der Waals surface area contributed by atoms with E-state index in [-0.39, 0.29) is 6.10 Å². The van der Waals surface area contributed by atoms with Gasteiger partial charge in [0.25, 0.3) is 0 Å². The first-order valence-electron chi connectivity index (χ1n) is 6.58. The smallest absolute Gasteiger partial charge is 0.127 e. The van der Waals surface area contributed by atoms with Gasteiger partial charge >= 0.3 is 0 Å². The van der Waals surface area contributed by atoms with E-state index >= 15 is 0 Å². The maximum atomic E-state index is 9.54. The average Bonchev–Trinajstić information content (AvgIpc) is 2.29. The fourth-order valence-electron chi connectivity index (χ4n) is 1.62. The molecule has 0 bridgehead atoms. The molecule has 3 nitrogen and oxygen atoms in total. The van der Waals surface area contributed by atoms with E-state index in [2.05, 4.69) is 25.2 Å². The molecule has 0 aliphatic heterocycles.